The minimum atomic E-state index is -0.377. The van der Waals surface area contributed by atoms with Crippen LogP contribution in [-0.4, -0.2) is 23.4 Å². The minimum Gasteiger partial charge on any atom is -0.467 e. The number of carbonyl (C=O) groups is 1. The Hall–Kier alpha value is -1.84. The van der Waals surface area contributed by atoms with Crippen molar-refractivity contribution in [1.29, 1.82) is 5.26 Å². The quantitative estimate of drug-likeness (QED) is 0.446. The predicted octanol–water partition coefficient (Wildman–Crippen LogP) is 1.01. The largest absolute Gasteiger partial charge is 0.467 e. The molecule has 0 aliphatic rings. The Kier molecular flexibility index (Phi) is 5.36. The van der Waals surface area contributed by atoms with Crippen LogP contribution in [0.4, 0.5) is 0 Å². The average molecular weight is 250 g/mol. The lowest BCUT2D eigenvalue weighted by Gasteiger charge is -2.24. The molecule has 0 saturated carbocycles. The number of carbonyl (C=O) groups excluding carboxylic acids is 1. The van der Waals surface area contributed by atoms with E-state index in [0.29, 0.717) is 36.9 Å². The van der Waals surface area contributed by atoms with Crippen molar-refractivity contribution in [2.24, 2.45) is 5.84 Å². The molecule has 1 aromatic heterocycles. The van der Waals surface area contributed by atoms with E-state index in [0.717, 1.165) is 0 Å². The van der Waals surface area contributed by atoms with Crippen molar-refractivity contribution < 1.29 is 9.21 Å². The first-order valence-corrected chi connectivity index (χ1v) is 5.77. The molecule has 3 N–H and O–H groups in total. The van der Waals surface area contributed by atoms with E-state index in [1.54, 1.807) is 6.07 Å². The normalized spacial score (nSPS) is 10.7. The van der Waals surface area contributed by atoms with Crippen LogP contribution in [0.1, 0.15) is 36.4 Å². The number of nitriles is 1. The molecule has 18 heavy (non-hydrogen) atoms. The van der Waals surface area contributed by atoms with Crippen LogP contribution in [0.5, 0.6) is 0 Å². The molecule has 0 spiro atoms. The van der Waals surface area contributed by atoms with E-state index in [1.165, 1.54) is 6.26 Å². The first-order chi connectivity index (χ1) is 8.58. The minimum absolute atomic E-state index is 0.301. The lowest BCUT2D eigenvalue weighted by molar-refractivity contribution is 0.0953. The fraction of sp³-hybridized carbons (Fsp3) is 0.500. The number of nitrogen functional groups attached to an aromatic ring is 1. The van der Waals surface area contributed by atoms with Crippen LogP contribution in [0, 0.1) is 11.3 Å². The van der Waals surface area contributed by atoms with E-state index in [1.807, 2.05) is 19.3 Å². The number of nitrogens with zero attached hydrogens (tertiary/aromatic N) is 2. The first-order valence-electron chi connectivity index (χ1n) is 5.77. The summed E-state index contributed by atoms with van der Waals surface area (Å²) in [7, 11) is 0. The van der Waals surface area contributed by atoms with Gasteiger partial charge in [0.15, 0.2) is 0 Å². The van der Waals surface area contributed by atoms with Gasteiger partial charge in [-0.3, -0.25) is 15.1 Å². The number of nitrogens with one attached hydrogen (secondary N) is 1. The van der Waals surface area contributed by atoms with Gasteiger partial charge in [0.2, 0.25) is 0 Å². The number of hydrogen-bond donors (Lipinski definition) is 2. The summed E-state index contributed by atoms with van der Waals surface area (Å²) >= 11 is 0. The fourth-order valence-corrected chi connectivity index (χ4v) is 1.58. The molecule has 1 aromatic rings. The Balaban J connectivity index is 2.66. The van der Waals surface area contributed by atoms with Gasteiger partial charge in [0, 0.05) is 19.0 Å². The highest BCUT2D eigenvalue weighted by Gasteiger charge is 2.14. The molecular formula is C12H18N4O2. The molecule has 0 unspecified atom stereocenters. The van der Waals surface area contributed by atoms with Crippen molar-refractivity contribution in [3.05, 3.63) is 23.7 Å². The highest BCUT2D eigenvalue weighted by atomic mass is 16.3. The second-order valence-corrected chi connectivity index (χ2v) is 4.25. The summed E-state index contributed by atoms with van der Waals surface area (Å²) in [5.41, 5.74) is 2.45. The number of rotatable bonds is 6. The van der Waals surface area contributed by atoms with Gasteiger partial charge in [-0.1, -0.05) is 0 Å². The number of hydrogen-bond acceptors (Lipinski definition) is 5. The zero-order valence-corrected chi connectivity index (χ0v) is 10.6. The summed E-state index contributed by atoms with van der Waals surface area (Å²) in [5.74, 6) is 5.34. The SMILES string of the molecule is CC(C)N(CCC#N)Cc1cc(C(=O)NN)co1. The van der Waals surface area contributed by atoms with Crippen LogP contribution in [0.3, 0.4) is 0 Å². The molecule has 6 heteroatoms. The van der Waals surface area contributed by atoms with Crippen LogP contribution in [-0.2, 0) is 6.54 Å². The van der Waals surface area contributed by atoms with Gasteiger partial charge in [0.25, 0.3) is 5.91 Å². The predicted molar refractivity (Wildman–Crippen MR) is 66.1 cm³/mol. The first kappa shape index (κ1) is 14.2. The highest BCUT2D eigenvalue weighted by Crippen LogP contribution is 2.12. The average Bonchev–Trinajstić information content (AvgIpc) is 2.81. The maximum absolute atomic E-state index is 11.3. The molecule has 1 amide bonds. The van der Waals surface area contributed by atoms with E-state index in [4.69, 9.17) is 15.5 Å². The van der Waals surface area contributed by atoms with Gasteiger partial charge < -0.3 is 4.42 Å². The Morgan fingerprint density at radius 1 is 1.67 bits per heavy atom. The van der Waals surface area contributed by atoms with E-state index in [9.17, 15) is 4.79 Å². The Labute approximate surface area is 106 Å². The molecule has 1 rings (SSSR count). The van der Waals surface area contributed by atoms with E-state index < -0.39 is 0 Å². The molecular weight excluding hydrogens is 232 g/mol. The molecule has 0 saturated heterocycles. The number of furan rings is 1. The molecule has 6 nitrogen and oxygen atoms in total. The molecule has 0 radical (unpaired) electrons. The molecule has 0 aliphatic heterocycles. The molecule has 98 valence electrons. The Morgan fingerprint density at radius 3 is 2.94 bits per heavy atom. The smallest absolute Gasteiger partial charge is 0.268 e. The zero-order chi connectivity index (χ0) is 13.5. The summed E-state index contributed by atoms with van der Waals surface area (Å²) < 4.78 is 5.31. The maximum Gasteiger partial charge on any atom is 0.268 e. The van der Waals surface area contributed by atoms with Gasteiger partial charge >= 0.3 is 0 Å². The van der Waals surface area contributed by atoms with Crippen LogP contribution >= 0.6 is 0 Å². The summed E-state index contributed by atoms with van der Waals surface area (Å²) in [5, 5.41) is 8.60. The molecule has 0 aliphatic carbocycles. The fourth-order valence-electron chi connectivity index (χ4n) is 1.58. The highest BCUT2D eigenvalue weighted by molar-refractivity contribution is 5.93. The zero-order valence-electron chi connectivity index (χ0n) is 10.6. The van der Waals surface area contributed by atoms with Crippen molar-refractivity contribution in [2.75, 3.05) is 6.54 Å². The van der Waals surface area contributed by atoms with Crippen LogP contribution in [0.2, 0.25) is 0 Å². The monoisotopic (exact) mass is 250 g/mol. The van der Waals surface area contributed by atoms with Crippen molar-refractivity contribution in [2.45, 2.75) is 32.9 Å². The molecule has 0 atom stereocenters. The summed E-state index contributed by atoms with van der Waals surface area (Å²) in [4.78, 5) is 13.4. The third kappa shape index (κ3) is 3.87. The third-order valence-electron chi connectivity index (χ3n) is 2.65. The molecule has 1 heterocycles. The van der Waals surface area contributed by atoms with Crippen molar-refractivity contribution in [3.63, 3.8) is 0 Å². The lowest BCUT2D eigenvalue weighted by atomic mass is 10.2. The number of amides is 1. The Morgan fingerprint density at radius 2 is 2.39 bits per heavy atom. The second-order valence-electron chi connectivity index (χ2n) is 4.25. The van der Waals surface area contributed by atoms with Crippen molar-refractivity contribution in [1.82, 2.24) is 10.3 Å². The van der Waals surface area contributed by atoms with Crippen LogP contribution in [0.15, 0.2) is 16.7 Å². The maximum atomic E-state index is 11.3. The Bertz CT molecular complexity index is 434. The molecule has 0 aromatic carbocycles. The van der Waals surface area contributed by atoms with Gasteiger partial charge in [-0.2, -0.15) is 5.26 Å². The van der Waals surface area contributed by atoms with E-state index in [2.05, 4.69) is 11.0 Å². The van der Waals surface area contributed by atoms with Gasteiger partial charge in [-0.25, -0.2) is 5.84 Å². The van der Waals surface area contributed by atoms with Crippen molar-refractivity contribution >= 4 is 5.91 Å². The molecule has 0 fully saturated rings. The van der Waals surface area contributed by atoms with Gasteiger partial charge in [0.05, 0.1) is 18.2 Å². The van der Waals surface area contributed by atoms with Crippen molar-refractivity contribution in [3.8, 4) is 6.07 Å². The topological polar surface area (TPSA) is 95.3 Å². The van der Waals surface area contributed by atoms with Gasteiger partial charge in [0.1, 0.15) is 12.0 Å². The number of nitrogens with two attached hydrogens (primary N) is 1. The van der Waals surface area contributed by atoms with Gasteiger partial charge in [-0.05, 0) is 19.9 Å². The molecule has 0 bridgehead atoms. The standard InChI is InChI=1S/C12H18N4O2/c1-9(2)16(5-3-4-13)7-11-6-10(8-18-11)12(17)15-14/h6,8-9H,3,5,7,14H2,1-2H3,(H,15,17). The summed E-state index contributed by atoms with van der Waals surface area (Å²) in [6, 6.07) is 4.08. The summed E-state index contributed by atoms with van der Waals surface area (Å²) in [6.45, 7) is 5.34. The van der Waals surface area contributed by atoms with Crippen LogP contribution < -0.4 is 11.3 Å². The second kappa shape index (κ2) is 6.79. The van der Waals surface area contributed by atoms with Gasteiger partial charge in [-0.15, -0.1) is 0 Å². The number of hydrazine groups is 1. The van der Waals surface area contributed by atoms with E-state index in [-0.39, 0.29) is 5.91 Å². The summed E-state index contributed by atoms with van der Waals surface area (Å²) in [6.07, 6.45) is 1.84. The lowest BCUT2D eigenvalue weighted by Crippen LogP contribution is -2.31. The third-order valence-corrected chi connectivity index (χ3v) is 2.65. The van der Waals surface area contributed by atoms with Crippen LogP contribution in [0.25, 0.3) is 0 Å². The van der Waals surface area contributed by atoms with E-state index >= 15 is 0 Å².